The highest BCUT2D eigenvalue weighted by molar-refractivity contribution is 5.85. The molecule has 0 saturated carbocycles. The van der Waals surface area contributed by atoms with Gasteiger partial charge >= 0.3 is 0 Å². The minimum atomic E-state index is -0.557. The van der Waals surface area contributed by atoms with Gasteiger partial charge in [0.05, 0.1) is 25.0 Å². The van der Waals surface area contributed by atoms with E-state index in [0.717, 1.165) is 5.56 Å². The summed E-state index contributed by atoms with van der Waals surface area (Å²) in [7, 11) is 0. The van der Waals surface area contributed by atoms with Crippen molar-refractivity contribution in [2.45, 2.75) is 6.54 Å². The summed E-state index contributed by atoms with van der Waals surface area (Å²) >= 11 is 0. The molecule has 2 amide bonds. The lowest BCUT2D eigenvalue weighted by Gasteiger charge is -2.23. The molecule has 0 aliphatic carbocycles. The van der Waals surface area contributed by atoms with E-state index in [1.165, 1.54) is 11.1 Å². The van der Waals surface area contributed by atoms with E-state index in [4.69, 9.17) is 17.2 Å². The number of nitrogens with two attached hydrogens (primary N) is 3. The second-order valence-corrected chi connectivity index (χ2v) is 3.50. The van der Waals surface area contributed by atoms with Crippen LogP contribution >= 0.6 is 0 Å². The van der Waals surface area contributed by atoms with Gasteiger partial charge in [0, 0.05) is 12.7 Å². The lowest BCUT2D eigenvalue weighted by Crippen LogP contribution is -2.40. The summed E-state index contributed by atoms with van der Waals surface area (Å²) < 4.78 is 0. The van der Waals surface area contributed by atoms with Crippen LogP contribution in [0.4, 0.5) is 5.69 Å². The standard InChI is InChI=1S/C10H15N5O2/c11-3-7-1-2-14-4-8(7)15(5-9(12)16)6-10(13)17/h1-2,4H,3,5-6,11H2,(H2,12,16)(H2,13,17). The summed E-state index contributed by atoms with van der Waals surface area (Å²) in [6.45, 7) is 0.0507. The molecule has 17 heavy (non-hydrogen) atoms. The third-order valence-electron chi connectivity index (χ3n) is 2.14. The Kier molecular flexibility index (Phi) is 4.41. The van der Waals surface area contributed by atoms with E-state index >= 15 is 0 Å². The van der Waals surface area contributed by atoms with Gasteiger partial charge in [-0.25, -0.2) is 0 Å². The molecule has 1 aromatic rings. The number of carbonyl (C=O) groups is 2. The Morgan fingerprint density at radius 1 is 1.24 bits per heavy atom. The predicted molar refractivity (Wildman–Crippen MR) is 62.7 cm³/mol. The fraction of sp³-hybridized carbons (Fsp3) is 0.300. The second kappa shape index (κ2) is 5.80. The van der Waals surface area contributed by atoms with Gasteiger partial charge in [-0.1, -0.05) is 0 Å². The number of rotatable bonds is 6. The van der Waals surface area contributed by atoms with Crippen molar-refractivity contribution in [3.8, 4) is 0 Å². The Bertz CT molecular complexity index is 405. The minimum absolute atomic E-state index is 0.109. The lowest BCUT2D eigenvalue weighted by molar-refractivity contribution is -0.117. The van der Waals surface area contributed by atoms with Gasteiger partial charge in [-0.15, -0.1) is 0 Å². The quantitative estimate of drug-likeness (QED) is 0.544. The van der Waals surface area contributed by atoms with Crippen LogP contribution in [0.3, 0.4) is 0 Å². The van der Waals surface area contributed by atoms with Gasteiger partial charge < -0.3 is 22.1 Å². The maximum atomic E-state index is 10.9. The molecule has 0 atom stereocenters. The summed E-state index contributed by atoms with van der Waals surface area (Å²) in [6, 6.07) is 1.71. The molecule has 7 heteroatoms. The number of primary amides is 2. The third kappa shape index (κ3) is 3.72. The molecule has 1 heterocycles. The zero-order chi connectivity index (χ0) is 12.8. The number of pyridine rings is 1. The first kappa shape index (κ1) is 12.9. The maximum Gasteiger partial charge on any atom is 0.236 e. The molecule has 7 nitrogen and oxygen atoms in total. The average molecular weight is 237 g/mol. The molecule has 6 N–H and O–H groups in total. The molecular formula is C10H15N5O2. The summed E-state index contributed by atoms with van der Waals surface area (Å²) in [5, 5.41) is 0. The normalized spacial score (nSPS) is 9.94. The molecule has 0 saturated heterocycles. The summed E-state index contributed by atoms with van der Waals surface area (Å²) in [4.78, 5) is 27.3. The van der Waals surface area contributed by atoms with E-state index in [9.17, 15) is 9.59 Å². The van der Waals surface area contributed by atoms with Crippen LogP contribution in [-0.2, 0) is 16.1 Å². The SMILES string of the molecule is NCc1ccncc1N(CC(N)=O)CC(N)=O. The van der Waals surface area contributed by atoms with Crippen molar-refractivity contribution < 1.29 is 9.59 Å². The zero-order valence-electron chi connectivity index (χ0n) is 9.30. The highest BCUT2D eigenvalue weighted by Crippen LogP contribution is 2.17. The Labute approximate surface area is 98.6 Å². The van der Waals surface area contributed by atoms with Crippen molar-refractivity contribution in [2.75, 3.05) is 18.0 Å². The van der Waals surface area contributed by atoms with Crippen molar-refractivity contribution in [3.05, 3.63) is 24.0 Å². The molecule has 0 aromatic carbocycles. The van der Waals surface area contributed by atoms with Crippen molar-refractivity contribution in [1.82, 2.24) is 4.98 Å². The highest BCUT2D eigenvalue weighted by Gasteiger charge is 2.15. The monoisotopic (exact) mass is 237 g/mol. The molecule has 0 fully saturated rings. The molecular weight excluding hydrogens is 222 g/mol. The van der Waals surface area contributed by atoms with Gasteiger partial charge in [0.25, 0.3) is 0 Å². The smallest absolute Gasteiger partial charge is 0.236 e. The van der Waals surface area contributed by atoms with E-state index in [0.29, 0.717) is 5.69 Å². The van der Waals surface area contributed by atoms with Crippen molar-refractivity contribution in [3.63, 3.8) is 0 Å². The van der Waals surface area contributed by atoms with E-state index < -0.39 is 11.8 Å². The predicted octanol–water partition coefficient (Wildman–Crippen LogP) is -1.68. The minimum Gasteiger partial charge on any atom is -0.368 e. The van der Waals surface area contributed by atoms with Crippen LogP contribution in [0.15, 0.2) is 18.5 Å². The lowest BCUT2D eigenvalue weighted by atomic mass is 10.2. The molecule has 1 aromatic heterocycles. The van der Waals surface area contributed by atoms with Crippen molar-refractivity contribution in [1.29, 1.82) is 0 Å². The third-order valence-corrected chi connectivity index (χ3v) is 2.14. The van der Waals surface area contributed by atoms with E-state index in [1.54, 1.807) is 12.3 Å². The Morgan fingerprint density at radius 2 is 1.82 bits per heavy atom. The van der Waals surface area contributed by atoms with Crippen LogP contribution in [0, 0.1) is 0 Å². The first-order valence-corrected chi connectivity index (χ1v) is 4.99. The first-order chi connectivity index (χ1) is 8.04. The summed E-state index contributed by atoms with van der Waals surface area (Å²) in [5.41, 5.74) is 17.1. The average Bonchev–Trinajstić information content (AvgIpc) is 2.27. The van der Waals surface area contributed by atoms with Gasteiger partial charge in [0.2, 0.25) is 11.8 Å². The van der Waals surface area contributed by atoms with Crippen LogP contribution < -0.4 is 22.1 Å². The molecule has 0 spiro atoms. The summed E-state index contributed by atoms with van der Waals surface area (Å²) in [5.74, 6) is -1.11. The number of hydrogen-bond donors (Lipinski definition) is 3. The maximum absolute atomic E-state index is 10.9. The van der Waals surface area contributed by atoms with Gasteiger partial charge in [-0.3, -0.25) is 14.6 Å². The van der Waals surface area contributed by atoms with Gasteiger partial charge in [-0.2, -0.15) is 0 Å². The zero-order valence-corrected chi connectivity index (χ0v) is 9.30. The van der Waals surface area contributed by atoms with Crippen LogP contribution in [0.2, 0.25) is 0 Å². The van der Waals surface area contributed by atoms with Gasteiger partial charge in [-0.05, 0) is 11.6 Å². The van der Waals surface area contributed by atoms with Crippen LogP contribution in [0.1, 0.15) is 5.56 Å². The topological polar surface area (TPSA) is 128 Å². The van der Waals surface area contributed by atoms with E-state index in [2.05, 4.69) is 4.98 Å². The van der Waals surface area contributed by atoms with Gasteiger partial charge in [0.15, 0.2) is 0 Å². The number of nitrogens with zero attached hydrogens (tertiary/aromatic N) is 2. The van der Waals surface area contributed by atoms with Crippen LogP contribution in [0.25, 0.3) is 0 Å². The fourth-order valence-corrected chi connectivity index (χ4v) is 1.47. The molecule has 0 bridgehead atoms. The Hall–Kier alpha value is -2.15. The first-order valence-electron chi connectivity index (χ1n) is 4.99. The van der Waals surface area contributed by atoms with E-state index in [1.807, 2.05) is 0 Å². The number of hydrogen-bond acceptors (Lipinski definition) is 5. The molecule has 92 valence electrons. The Morgan fingerprint density at radius 3 is 2.29 bits per heavy atom. The van der Waals surface area contributed by atoms with Crippen LogP contribution in [-0.4, -0.2) is 29.9 Å². The molecule has 0 aliphatic rings. The molecule has 1 rings (SSSR count). The fourth-order valence-electron chi connectivity index (χ4n) is 1.47. The molecule has 0 aliphatic heterocycles. The molecule has 0 unspecified atom stereocenters. The van der Waals surface area contributed by atoms with Crippen LogP contribution in [0.5, 0.6) is 0 Å². The number of aromatic nitrogens is 1. The number of amides is 2. The summed E-state index contributed by atoms with van der Waals surface area (Å²) in [6.07, 6.45) is 3.10. The largest absolute Gasteiger partial charge is 0.368 e. The second-order valence-electron chi connectivity index (χ2n) is 3.50. The van der Waals surface area contributed by atoms with Crippen molar-refractivity contribution in [2.24, 2.45) is 17.2 Å². The van der Waals surface area contributed by atoms with E-state index in [-0.39, 0.29) is 19.6 Å². The number of anilines is 1. The Balaban J connectivity index is 3.02. The van der Waals surface area contributed by atoms with Gasteiger partial charge in [0.1, 0.15) is 0 Å². The molecule has 0 radical (unpaired) electrons. The highest BCUT2D eigenvalue weighted by atomic mass is 16.2. The van der Waals surface area contributed by atoms with Crippen molar-refractivity contribution >= 4 is 17.5 Å². The number of carbonyl (C=O) groups excluding carboxylic acids is 2.